The van der Waals surface area contributed by atoms with Crippen molar-refractivity contribution in [1.82, 2.24) is 0 Å². The molecule has 0 bridgehead atoms. The van der Waals surface area contributed by atoms with Crippen molar-refractivity contribution in [3.8, 4) is 5.75 Å². The van der Waals surface area contributed by atoms with Gasteiger partial charge in [-0.2, -0.15) is 0 Å². The van der Waals surface area contributed by atoms with E-state index in [0.717, 1.165) is 0 Å². The third-order valence-electron chi connectivity index (χ3n) is 1.91. The van der Waals surface area contributed by atoms with E-state index in [1.165, 1.54) is 6.92 Å². The van der Waals surface area contributed by atoms with Gasteiger partial charge in [-0.25, -0.2) is 0 Å². The number of Topliss-reactive ketones (excluding diaryl/α,β-unsaturated/α-hetero) is 1. The van der Waals surface area contributed by atoms with E-state index < -0.39 is 0 Å². The van der Waals surface area contributed by atoms with Crippen molar-refractivity contribution in [2.75, 3.05) is 6.61 Å². The molecule has 0 N–H and O–H groups in total. The molecule has 0 unspecified atom stereocenters. The second kappa shape index (κ2) is 5.07. The van der Waals surface area contributed by atoms with Crippen LogP contribution in [0.5, 0.6) is 5.75 Å². The molecule has 1 aromatic carbocycles. The largest absolute Gasteiger partial charge is 0.493 e. The van der Waals surface area contributed by atoms with Crippen LogP contribution in [0.15, 0.2) is 16.6 Å². The van der Waals surface area contributed by atoms with Crippen LogP contribution >= 0.6 is 15.9 Å². The second-order valence-electron chi connectivity index (χ2n) is 2.95. The van der Waals surface area contributed by atoms with Gasteiger partial charge in [0.1, 0.15) is 5.75 Å². The fraction of sp³-hybridized carbons (Fsp3) is 0.273. The van der Waals surface area contributed by atoms with Crippen LogP contribution in [0.25, 0.3) is 0 Å². The van der Waals surface area contributed by atoms with Crippen LogP contribution in [-0.4, -0.2) is 18.7 Å². The van der Waals surface area contributed by atoms with Crippen LogP contribution in [0.1, 0.15) is 34.6 Å². The average molecular weight is 271 g/mol. The van der Waals surface area contributed by atoms with Crippen molar-refractivity contribution >= 4 is 28.0 Å². The molecule has 0 saturated heterocycles. The number of ether oxygens (including phenoxy) is 1. The van der Waals surface area contributed by atoms with Crippen molar-refractivity contribution in [2.24, 2.45) is 0 Å². The first-order valence-corrected chi connectivity index (χ1v) is 5.32. The minimum atomic E-state index is -0.131. The van der Waals surface area contributed by atoms with Gasteiger partial charge in [0, 0.05) is 10.0 Å². The van der Waals surface area contributed by atoms with Gasteiger partial charge in [0.15, 0.2) is 12.1 Å². The summed E-state index contributed by atoms with van der Waals surface area (Å²) in [6, 6.07) is 3.25. The zero-order valence-electron chi connectivity index (χ0n) is 8.54. The number of benzene rings is 1. The minimum absolute atomic E-state index is 0.131. The van der Waals surface area contributed by atoms with Gasteiger partial charge in [0.25, 0.3) is 0 Å². The summed E-state index contributed by atoms with van der Waals surface area (Å²) in [5, 5.41) is 0. The normalized spacial score (nSPS) is 9.80. The smallest absolute Gasteiger partial charge is 0.164 e. The molecule has 0 spiro atoms. The molecule has 0 saturated carbocycles. The maximum absolute atomic E-state index is 11.4. The van der Waals surface area contributed by atoms with E-state index in [-0.39, 0.29) is 5.78 Å². The Bertz CT molecular complexity index is 399. The number of hydrogen-bond donors (Lipinski definition) is 0. The molecular weight excluding hydrogens is 260 g/mol. The summed E-state index contributed by atoms with van der Waals surface area (Å²) in [5.74, 6) is 0.372. The molecule has 0 aliphatic rings. The van der Waals surface area contributed by atoms with Crippen LogP contribution < -0.4 is 4.74 Å². The van der Waals surface area contributed by atoms with E-state index in [9.17, 15) is 9.59 Å². The molecule has 0 atom stereocenters. The summed E-state index contributed by atoms with van der Waals surface area (Å²) in [5.41, 5.74) is 0.866. The van der Waals surface area contributed by atoms with Gasteiger partial charge in [-0.15, -0.1) is 0 Å². The number of carbonyl (C=O) groups is 2. The Hall–Kier alpha value is -1.16. The standard InChI is InChI=1S/C11H11BrO3/c1-3-15-9-5-4-8(6-13)11(12)10(9)7(2)14/h4-6H,3H2,1-2H3. The Morgan fingerprint density at radius 2 is 2.20 bits per heavy atom. The predicted molar refractivity (Wildman–Crippen MR) is 60.7 cm³/mol. The third kappa shape index (κ3) is 2.45. The van der Waals surface area contributed by atoms with Gasteiger partial charge in [0.05, 0.1) is 12.2 Å². The topological polar surface area (TPSA) is 43.4 Å². The Labute approximate surface area is 96.6 Å². The number of ketones is 1. The average Bonchev–Trinajstić information content (AvgIpc) is 2.18. The first kappa shape index (κ1) is 11.9. The summed E-state index contributed by atoms with van der Waals surface area (Å²) in [7, 11) is 0. The number of hydrogen-bond acceptors (Lipinski definition) is 3. The van der Waals surface area contributed by atoms with Gasteiger partial charge in [0.2, 0.25) is 0 Å². The Morgan fingerprint density at radius 1 is 1.53 bits per heavy atom. The van der Waals surface area contributed by atoms with Gasteiger partial charge in [-0.1, -0.05) is 0 Å². The van der Waals surface area contributed by atoms with E-state index in [1.54, 1.807) is 12.1 Å². The van der Waals surface area contributed by atoms with Crippen LogP contribution in [-0.2, 0) is 0 Å². The highest BCUT2D eigenvalue weighted by atomic mass is 79.9. The first-order valence-electron chi connectivity index (χ1n) is 4.53. The molecule has 80 valence electrons. The molecule has 0 amide bonds. The summed E-state index contributed by atoms with van der Waals surface area (Å²) in [6.45, 7) is 3.76. The van der Waals surface area contributed by atoms with Gasteiger partial charge in [-0.05, 0) is 41.9 Å². The summed E-state index contributed by atoms with van der Waals surface area (Å²) in [4.78, 5) is 22.1. The molecule has 3 nitrogen and oxygen atoms in total. The predicted octanol–water partition coefficient (Wildman–Crippen LogP) is 2.86. The van der Waals surface area contributed by atoms with Crippen molar-refractivity contribution in [3.63, 3.8) is 0 Å². The lowest BCUT2D eigenvalue weighted by molar-refractivity contribution is 0.101. The Kier molecular flexibility index (Phi) is 4.03. The summed E-state index contributed by atoms with van der Waals surface area (Å²) in [6.07, 6.45) is 0.701. The van der Waals surface area contributed by atoms with E-state index in [2.05, 4.69) is 15.9 Å². The third-order valence-corrected chi connectivity index (χ3v) is 2.77. The van der Waals surface area contributed by atoms with Crippen molar-refractivity contribution in [2.45, 2.75) is 13.8 Å². The lowest BCUT2D eigenvalue weighted by atomic mass is 10.1. The first-order chi connectivity index (χ1) is 7.11. The molecule has 0 aliphatic heterocycles. The fourth-order valence-electron chi connectivity index (χ4n) is 1.27. The lowest BCUT2D eigenvalue weighted by Gasteiger charge is -2.10. The highest BCUT2D eigenvalue weighted by molar-refractivity contribution is 9.10. The van der Waals surface area contributed by atoms with E-state index >= 15 is 0 Å². The number of aldehydes is 1. The van der Waals surface area contributed by atoms with Gasteiger partial charge >= 0.3 is 0 Å². The molecule has 0 radical (unpaired) electrons. The van der Waals surface area contributed by atoms with E-state index in [4.69, 9.17) is 4.74 Å². The monoisotopic (exact) mass is 270 g/mol. The number of rotatable bonds is 4. The molecule has 0 aromatic heterocycles. The highest BCUT2D eigenvalue weighted by Gasteiger charge is 2.15. The number of carbonyl (C=O) groups excluding carboxylic acids is 2. The Morgan fingerprint density at radius 3 is 2.67 bits per heavy atom. The SMILES string of the molecule is CCOc1ccc(C=O)c(Br)c1C(C)=O. The van der Waals surface area contributed by atoms with Crippen LogP contribution in [0.3, 0.4) is 0 Å². The zero-order chi connectivity index (χ0) is 11.4. The molecule has 0 aliphatic carbocycles. The maximum atomic E-state index is 11.4. The zero-order valence-corrected chi connectivity index (χ0v) is 10.1. The highest BCUT2D eigenvalue weighted by Crippen LogP contribution is 2.30. The second-order valence-corrected chi connectivity index (χ2v) is 3.74. The maximum Gasteiger partial charge on any atom is 0.164 e. The molecule has 0 heterocycles. The van der Waals surface area contributed by atoms with Crippen molar-refractivity contribution in [1.29, 1.82) is 0 Å². The van der Waals surface area contributed by atoms with Crippen LogP contribution in [0.2, 0.25) is 0 Å². The molecular formula is C11H11BrO3. The molecule has 4 heteroatoms. The number of halogens is 1. The minimum Gasteiger partial charge on any atom is -0.493 e. The summed E-state index contributed by atoms with van der Waals surface area (Å²) < 4.78 is 5.81. The van der Waals surface area contributed by atoms with E-state index in [1.807, 2.05) is 6.92 Å². The van der Waals surface area contributed by atoms with Gasteiger partial charge in [-0.3, -0.25) is 9.59 Å². The van der Waals surface area contributed by atoms with Crippen molar-refractivity contribution in [3.05, 3.63) is 27.7 Å². The molecule has 1 aromatic rings. The molecule has 15 heavy (non-hydrogen) atoms. The molecule has 0 fully saturated rings. The van der Waals surface area contributed by atoms with Gasteiger partial charge < -0.3 is 4.74 Å². The van der Waals surface area contributed by atoms with Crippen LogP contribution in [0.4, 0.5) is 0 Å². The van der Waals surface area contributed by atoms with Crippen molar-refractivity contribution < 1.29 is 14.3 Å². The lowest BCUT2D eigenvalue weighted by Crippen LogP contribution is -2.03. The van der Waals surface area contributed by atoms with Crippen LogP contribution in [0, 0.1) is 0 Å². The quantitative estimate of drug-likeness (QED) is 0.624. The molecule has 1 rings (SSSR count). The van der Waals surface area contributed by atoms with E-state index in [0.29, 0.717) is 34.2 Å². The fourth-order valence-corrected chi connectivity index (χ4v) is 1.97. The summed E-state index contributed by atoms with van der Waals surface area (Å²) >= 11 is 3.23. The Balaban J connectivity index is 3.37.